The van der Waals surface area contributed by atoms with Gasteiger partial charge in [0.15, 0.2) is 0 Å². The van der Waals surface area contributed by atoms with Crippen molar-refractivity contribution in [3.63, 3.8) is 0 Å². The zero-order valence-electron chi connectivity index (χ0n) is 10.6. The van der Waals surface area contributed by atoms with Crippen molar-refractivity contribution >= 4 is 11.7 Å². The fourth-order valence-electron chi connectivity index (χ4n) is 1.78. The normalized spacial score (nSPS) is 16.6. The van der Waals surface area contributed by atoms with E-state index in [1.165, 1.54) is 12.1 Å². The van der Waals surface area contributed by atoms with Crippen LogP contribution in [-0.4, -0.2) is 24.3 Å². The lowest BCUT2D eigenvalue weighted by Crippen LogP contribution is -2.35. The number of nitrogens with one attached hydrogen (secondary N) is 2. The quantitative estimate of drug-likeness (QED) is 0.797. The Kier molecular flexibility index (Phi) is 3.89. The Morgan fingerprint density at radius 3 is 2.60 bits per heavy atom. The van der Waals surface area contributed by atoms with Gasteiger partial charge in [0, 0.05) is 17.6 Å². The molecule has 0 atom stereocenters. The van der Waals surface area contributed by atoms with Crippen LogP contribution in [0, 0.1) is 5.41 Å². The van der Waals surface area contributed by atoms with Crippen LogP contribution in [0.15, 0.2) is 24.3 Å². The molecule has 7 heteroatoms. The smallest absolute Gasteiger partial charge is 0.396 e. The molecule has 3 N–H and O–H groups in total. The number of carbonyl (C=O) groups is 1. The van der Waals surface area contributed by atoms with Gasteiger partial charge in [-0.3, -0.25) is 0 Å². The number of urea groups is 1. The number of anilines is 1. The first kappa shape index (κ1) is 14.6. The Morgan fingerprint density at radius 1 is 1.35 bits per heavy atom. The van der Waals surface area contributed by atoms with Crippen molar-refractivity contribution in [2.75, 3.05) is 18.5 Å². The number of hydrogen-bond donors (Lipinski definition) is 3. The third kappa shape index (κ3) is 3.63. The van der Waals surface area contributed by atoms with Crippen molar-refractivity contribution in [2.45, 2.75) is 19.0 Å². The number of benzene rings is 1. The minimum Gasteiger partial charge on any atom is -0.396 e. The lowest BCUT2D eigenvalue weighted by atomic mass is 10.1. The van der Waals surface area contributed by atoms with E-state index in [1.807, 2.05) is 0 Å². The SMILES string of the molecule is O=C(NCC1(CO)CC1)Nc1cccc(C(F)(F)F)c1. The van der Waals surface area contributed by atoms with Crippen LogP contribution >= 0.6 is 0 Å². The minimum atomic E-state index is -4.44. The molecule has 0 spiro atoms. The average molecular weight is 288 g/mol. The molecule has 1 aromatic carbocycles. The van der Waals surface area contributed by atoms with Gasteiger partial charge in [0.05, 0.1) is 12.2 Å². The minimum absolute atomic E-state index is 0.00314. The van der Waals surface area contributed by atoms with E-state index in [1.54, 1.807) is 0 Å². The molecule has 1 aliphatic carbocycles. The molecule has 1 aromatic rings. The maximum atomic E-state index is 12.5. The second-order valence-electron chi connectivity index (χ2n) is 5.04. The molecule has 2 rings (SSSR count). The van der Waals surface area contributed by atoms with E-state index in [0.29, 0.717) is 6.54 Å². The van der Waals surface area contributed by atoms with Crippen LogP contribution in [0.2, 0.25) is 0 Å². The van der Waals surface area contributed by atoms with Gasteiger partial charge in [-0.05, 0) is 31.0 Å². The molecular weight excluding hydrogens is 273 g/mol. The summed E-state index contributed by atoms with van der Waals surface area (Å²) in [5, 5.41) is 14.0. The van der Waals surface area contributed by atoms with Gasteiger partial charge in [-0.1, -0.05) is 6.07 Å². The van der Waals surface area contributed by atoms with E-state index < -0.39 is 17.8 Å². The fourth-order valence-corrected chi connectivity index (χ4v) is 1.78. The summed E-state index contributed by atoms with van der Waals surface area (Å²) in [4.78, 5) is 11.6. The predicted octanol–water partition coefficient (Wildman–Crippen LogP) is 2.60. The number of alkyl halides is 3. The van der Waals surface area contributed by atoms with Gasteiger partial charge in [0.2, 0.25) is 0 Å². The summed E-state index contributed by atoms with van der Waals surface area (Å²) in [7, 11) is 0. The topological polar surface area (TPSA) is 61.4 Å². The molecule has 1 fully saturated rings. The lowest BCUT2D eigenvalue weighted by Gasteiger charge is -2.14. The van der Waals surface area contributed by atoms with Crippen LogP contribution in [0.3, 0.4) is 0 Å². The van der Waals surface area contributed by atoms with E-state index in [0.717, 1.165) is 25.0 Å². The molecule has 1 aliphatic rings. The molecule has 0 saturated heterocycles. The molecule has 0 bridgehead atoms. The van der Waals surface area contributed by atoms with Gasteiger partial charge < -0.3 is 15.7 Å². The second-order valence-corrected chi connectivity index (χ2v) is 5.04. The highest BCUT2D eigenvalue weighted by Crippen LogP contribution is 2.44. The Balaban J connectivity index is 1.91. The highest BCUT2D eigenvalue weighted by molar-refractivity contribution is 5.89. The Hall–Kier alpha value is -1.76. The number of hydrogen-bond acceptors (Lipinski definition) is 2. The van der Waals surface area contributed by atoms with E-state index in [-0.39, 0.29) is 17.7 Å². The number of aliphatic hydroxyl groups is 1. The molecule has 0 unspecified atom stereocenters. The standard InChI is InChI=1S/C13H15F3N2O2/c14-13(15,16)9-2-1-3-10(6-9)18-11(20)17-7-12(8-19)4-5-12/h1-3,6,19H,4-5,7-8H2,(H2,17,18,20). The highest BCUT2D eigenvalue weighted by Gasteiger charge is 2.42. The maximum absolute atomic E-state index is 12.5. The number of rotatable bonds is 4. The van der Waals surface area contributed by atoms with Crippen LogP contribution in [0.5, 0.6) is 0 Å². The summed E-state index contributed by atoms with van der Waals surface area (Å²) in [5.74, 6) is 0. The number of aliphatic hydroxyl groups excluding tert-OH is 1. The zero-order valence-corrected chi connectivity index (χ0v) is 10.6. The van der Waals surface area contributed by atoms with E-state index in [2.05, 4.69) is 10.6 Å². The third-order valence-corrected chi connectivity index (χ3v) is 3.36. The van der Waals surface area contributed by atoms with Crippen molar-refractivity contribution in [2.24, 2.45) is 5.41 Å². The van der Waals surface area contributed by atoms with Gasteiger partial charge in [0.25, 0.3) is 0 Å². The van der Waals surface area contributed by atoms with Crippen molar-refractivity contribution < 1.29 is 23.1 Å². The largest absolute Gasteiger partial charge is 0.416 e. The van der Waals surface area contributed by atoms with Crippen LogP contribution < -0.4 is 10.6 Å². The van der Waals surface area contributed by atoms with Gasteiger partial charge in [0.1, 0.15) is 0 Å². The summed E-state index contributed by atoms with van der Waals surface area (Å²) < 4.78 is 37.5. The van der Waals surface area contributed by atoms with Crippen LogP contribution in [0.1, 0.15) is 18.4 Å². The number of halogens is 3. The molecule has 4 nitrogen and oxygen atoms in total. The molecule has 0 heterocycles. The Bertz CT molecular complexity index is 499. The lowest BCUT2D eigenvalue weighted by molar-refractivity contribution is -0.137. The number of carbonyl (C=O) groups excluding carboxylic acids is 1. The monoisotopic (exact) mass is 288 g/mol. The molecule has 2 amide bonds. The summed E-state index contributed by atoms with van der Waals surface area (Å²) in [6.45, 7) is 0.311. The third-order valence-electron chi connectivity index (χ3n) is 3.36. The molecule has 0 aromatic heterocycles. The summed E-state index contributed by atoms with van der Waals surface area (Å²) in [6, 6.07) is 3.85. The van der Waals surface area contributed by atoms with Gasteiger partial charge in [-0.25, -0.2) is 4.79 Å². The predicted molar refractivity (Wildman–Crippen MR) is 67.2 cm³/mol. The molecule has 20 heavy (non-hydrogen) atoms. The summed E-state index contributed by atoms with van der Waals surface area (Å²) in [6.07, 6.45) is -2.76. The van der Waals surface area contributed by atoms with Crippen molar-refractivity contribution in [1.82, 2.24) is 5.32 Å². The van der Waals surface area contributed by atoms with Crippen molar-refractivity contribution in [1.29, 1.82) is 0 Å². The van der Waals surface area contributed by atoms with Crippen molar-refractivity contribution in [3.05, 3.63) is 29.8 Å². The zero-order chi connectivity index (χ0) is 14.8. The van der Waals surface area contributed by atoms with Gasteiger partial charge in [-0.15, -0.1) is 0 Å². The van der Waals surface area contributed by atoms with E-state index >= 15 is 0 Å². The highest BCUT2D eigenvalue weighted by atomic mass is 19.4. The second kappa shape index (κ2) is 5.32. The first-order chi connectivity index (χ1) is 9.35. The molecular formula is C13H15F3N2O2. The first-order valence-electron chi connectivity index (χ1n) is 6.18. The first-order valence-corrected chi connectivity index (χ1v) is 6.18. The Morgan fingerprint density at radius 2 is 2.05 bits per heavy atom. The van der Waals surface area contributed by atoms with Crippen LogP contribution in [0.4, 0.5) is 23.7 Å². The molecule has 0 radical (unpaired) electrons. The fraction of sp³-hybridized carbons (Fsp3) is 0.462. The summed E-state index contributed by atoms with van der Waals surface area (Å²) in [5.41, 5.74) is -0.985. The van der Waals surface area contributed by atoms with Crippen LogP contribution in [-0.2, 0) is 6.18 Å². The van der Waals surface area contributed by atoms with Gasteiger partial charge in [-0.2, -0.15) is 13.2 Å². The Labute approximate surface area is 114 Å². The van der Waals surface area contributed by atoms with Gasteiger partial charge >= 0.3 is 12.2 Å². The summed E-state index contributed by atoms with van der Waals surface area (Å²) >= 11 is 0. The molecule has 1 saturated carbocycles. The number of amides is 2. The van der Waals surface area contributed by atoms with Crippen molar-refractivity contribution in [3.8, 4) is 0 Å². The van der Waals surface area contributed by atoms with E-state index in [9.17, 15) is 18.0 Å². The molecule has 0 aliphatic heterocycles. The molecule has 110 valence electrons. The van der Waals surface area contributed by atoms with E-state index in [4.69, 9.17) is 5.11 Å². The maximum Gasteiger partial charge on any atom is 0.416 e. The van der Waals surface area contributed by atoms with Crippen LogP contribution in [0.25, 0.3) is 0 Å². The average Bonchev–Trinajstić information content (AvgIpc) is 3.16.